The van der Waals surface area contributed by atoms with Crippen molar-refractivity contribution in [2.24, 2.45) is 4.99 Å². The van der Waals surface area contributed by atoms with E-state index < -0.39 is 0 Å². The number of methoxy groups -OCH3 is 1. The molecule has 2 aromatic heterocycles. The molecule has 0 unspecified atom stereocenters. The minimum atomic E-state index is -0.290. The maximum absolute atomic E-state index is 10.0. The van der Waals surface area contributed by atoms with Crippen molar-refractivity contribution in [3.8, 4) is 23.1 Å². The Morgan fingerprint density at radius 3 is 2.88 bits per heavy atom. The molecule has 130 valence electrons. The Balaban J connectivity index is 1.64. The predicted octanol–water partition coefficient (Wildman–Crippen LogP) is 5.18. The molecule has 0 saturated carbocycles. The van der Waals surface area contributed by atoms with E-state index in [0.29, 0.717) is 11.0 Å². The lowest BCUT2D eigenvalue weighted by Gasteiger charge is -1.96. The molecule has 0 amide bonds. The number of aliphatic imine (C=N–C) groups is 1. The van der Waals surface area contributed by atoms with E-state index >= 15 is 0 Å². The largest absolute Gasteiger partial charge is 0.497 e. The number of hydrogen-bond donors (Lipinski definition) is 1. The Morgan fingerprint density at radius 2 is 2.08 bits per heavy atom. The van der Waals surface area contributed by atoms with Crippen molar-refractivity contribution in [3.63, 3.8) is 0 Å². The van der Waals surface area contributed by atoms with Crippen molar-refractivity contribution in [1.82, 2.24) is 9.97 Å². The maximum atomic E-state index is 10.0. The Labute approximate surface area is 161 Å². The van der Waals surface area contributed by atoms with Crippen LogP contribution < -0.4 is 4.74 Å². The summed E-state index contributed by atoms with van der Waals surface area (Å²) in [7, 11) is 1.62. The van der Waals surface area contributed by atoms with Gasteiger partial charge in [0.2, 0.25) is 11.0 Å². The maximum Gasteiger partial charge on any atom is 0.312 e. The standard InChI is InChI=1S/C18H12BrN3O3S/c1-24-10-6-7-13-15(8-10)26-18(22-13)20-9-14-17(23)25-16(21-14)11-4-2-3-5-12(11)19/h2-9,23H,1H3. The van der Waals surface area contributed by atoms with Gasteiger partial charge in [0.1, 0.15) is 5.75 Å². The Hall–Kier alpha value is -2.71. The van der Waals surface area contributed by atoms with Crippen LogP contribution in [0.4, 0.5) is 5.13 Å². The summed E-state index contributed by atoms with van der Waals surface area (Å²) in [5, 5.41) is 10.6. The van der Waals surface area contributed by atoms with Crippen LogP contribution in [0.1, 0.15) is 5.69 Å². The predicted molar refractivity (Wildman–Crippen MR) is 105 cm³/mol. The van der Waals surface area contributed by atoms with Crippen LogP contribution in [0.2, 0.25) is 0 Å². The number of halogens is 1. The Bertz CT molecular complexity index is 1120. The van der Waals surface area contributed by atoms with Gasteiger partial charge < -0.3 is 14.3 Å². The van der Waals surface area contributed by atoms with Crippen LogP contribution >= 0.6 is 27.3 Å². The summed E-state index contributed by atoms with van der Waals surface area (Å²) in [6.45, 7) is 0. The molecule has 0 aliphatic rings. The number of ether oxygens (including phenoxy) is 1. The van der Waals surface area contributed by atoms with E-state index in [1.807, 2.05) is 42.5 Å². The number of rotatable bonds is 4. The topological polar surface area (TPSA) is 80.7 Å². The van der Waals surface area contributed by atoms with Gasteiger partial charge in [-0.1, -0.05) is 23.5 Å². The van der Waals surface area contributed by atoms with Gasteiger partial charge in [-0.2, -0.15) is 0 Å². The lowest BCUT2D eigenvalue weighted by Crippen LogP contribution is -1.83. The first-order chi connectivity index (χ1) is 12.6. The minimum Gasteiger partial charge on any atom is -0.497 e. The normalized spacial score (nSPS) is 11.5. The van der Waals surface area contributed by atoms with Crippen molar-refractivity contribution in [1.29, 1.82) is 0 Å². The van der Waals surface area contributed by atoms with Crippen LogP contribution in [-0.4, -0.2) is 28.4 Å². The molecule has 0 fully saturated rings. The third-order valence-corrected chi connectivity index (χ3v) is 5.24. The van der Waals surface area contributed by atoms with Crippen LogP contribution in [0.25, 0.3) is 21.7 Å². The summed E-state index contributed by atoms with van der Waals surface area (Å²) in [6.07, 6.45) is 1.44. The molecular weight excluding hydrogens is 418 g/mol. The third kappa shape index (κ3) is 3.21. The number of benzene rings is 2. The number of oxazole rings is 1. The zero-order valence-corrected chi connectivity index (χ0v) is 15.9. The highest BCUT2D eigenvalue weighted by Crippen LogP contribution is 2.33. The summed E-state index contributed by atoms with van der Waals surface area (Å²) in [6, 6.07) is 13.1. The van der Waals surface area contributed by atoms with E-state index in [1.54, 1.807) is 7.11 Å². The number of nitrogens with zero attached hydrogens (tertiary/aromatic N) is 3. The average Bonchev–Trinajstić information content (AvgIpc) is 3.22. The highest BCUT2D eigenvalue weighted by Gasteiger charge is 2.14. The van der Waals surface area contributed by atoms with E-state index in [9.17, 15) is 5.11 Å². The molecule has 26 heavy (non-hydrogen) atoms. The number of aromatic nitrogens is 2. The van der Waals surface area contributed by atoms with Crippen LogP contribution in [0.15, 0.2) is 56.3 Å². The number of aromatic hydroxyl groups is 1. The number of fused-ring (bicyclic) bond motifs is 1. The smallest absolute Gasteiger partial charge is 0.312 e. The fourth-order valence-electron chi connectivity index (χ4n) is 2.35. The average molecular weight is 430 g/mol. The summed E-state index contributed by atoms with van der Waals surface area (Å²) in [5.41, 5.74) is 1.82. The molecule has 2 heterocycles. The molecule has 6 nitrogen and oxygen atoms in total. The second-order valence-corrected chi connectivity index (χ2v) is 7.14. The van der Waals surface area contributed by atoms with Crippen molar-refractivity contribution < 1.29 is 14.3 Å². The van der Waals surface area contributed by atoms with Gasteiger partial charge in [0.25, 0.3) is 0 Å². The van der Waals surface area contributed by atoms with Gasteiger partial charge in [0.05, 0.1) is 29.1 Å². The van der Waals surface area contributed by atoms with Crippen LogP contribution in [0.5, 0.6) is 11.7 Å². The minimum absolute atomic E-state index is 0.243. The third-order valence-electron chi connectivity index (χ3n) is 3.62. The van der Waals surface area contributed by atoms with Crippen molar-refractivity contribution >= 4 is 48.8 Å². The molecule has 0 spiro atoms. The summed E-state index contributed by atoms with van der Waals surface area (Å²) < 4.78 is 12.4. The molecule has 4 rings (SSSR count). The zero-order chi connectivity index (χ0) is 18.1. The second kappa shape index (κ2) is 6.89. The molecule has 8 heteroatoms. The van der Waals surface area contributed by atoms with E-state index in [2.05, 4.69) is 30.9 Å². The molecule has 0 atom stereocenters. The highest BCUT2D eigenvalue weighted by molar-refractivity contribution is 9.10. The zero-order valence-electron chi connectivity index (χ0n) is 13.5. The quantitative estimate of drug-likeness (QED) is 0.452. The molecule has 0 aliphatic heterocycles. The summed E-state index contributed by atoms with van der Waals surface area (Å²) >= 11 is 4.86. The molecule has 2 aromatic carbocycles. The monoisotopic (exact) mass is 429 g/mol. The first-order valence-corrected chi connectivity index (χ1v) is 9.18. The Morgan fingerprint density at radius 1 is 1.23 bits per heavy atom. The highest BCUT2D eigenvalue weighted by atomic mass is 79.9. The van der Waals surface area contributed by atoms with Crippen molar-refractivity contribution in [3.05, 3.63) is 52.6 Å². The van der Waals surface area contributed by atoms with Gasteiger partial charge in [-0.05, 0) is 46.3 Å². The van der Waals surface area contributed by atoms with Crippen LogP contribution in [0, 0.1) is 0 Å². The molecule has 0 radical (unpaired) electrons. The van der Waals surface area contributed by atoms with E-state index in [-0.39, 0.29) is 11.6 Å². The fraction of sp³-hybridized carbons (Fsp3) is 0.0556. The van der Waals surface area contributed by atoms with Crippen molar-refractivity contribution in [2.75, 3.05) is 7.11 Å². The van der Waals surface area contributed by atoms with Crippen LogP contribution in [-0.2, 0) is 0 Å². The van der Waals surface area contributed by atoms with Gasteiger partial charge in [0.15, 0.2) is 5.69 Å². The molecule has 1 N–H and O–H groups in total. The molecule has 0 saturated heterocycles. The van der Waals surface area contributed by atoms with E-state index in [4.69, 9.17) is 9.15 Å². The first-order valence-electron chi connectivity index (χ1n) is 7.57. The van der Waals surface area contributed by atoms with Gasteiger partial charge in [-0.25, -0.2) is 15.0 Å². The lowest BCUT2D eigenvalue weighted by atomic mass is 10.2. The first kappa shape index (κ1) is 16.7. The van der Waals surface area contributed by atoms with Crippen molar-refractivity contribution in [2.45, 2.75) is 0 Å². The summed E-state index contributed by atoms with van der Waals surface area (Å²) in [5.74, 6) is 0.789. The molecule has 0 bridgehead atoms. The summed E-state index contributed by atoms with van der Waals surface area (Å²) in [4.78, 5) is 13.0. The van der Waals surface area contributed by atoms with Gasteiger partial charge >= 0.3 is 5.95 Å². The second-order valence-electron chi connectivity index (χ2n) is 5.28. The number of hydrogen-bond acceptors (Lipinski definition) is 7. The van der Waals surface area contributed by atoms with Gasteiger partial charge in [-0.15, -0.1) is 0 Å². The van der Waals surface area contributed by atoms with E-state index in [0.717, 1.165) is 26.0 Å². The molecular formula is C18H12BrN3O3S. The fourth-order valence-corrected chi connectivity index (χ4v) is 3.64. The van der Waals surface area contributed by atoms with Gasteiger partial charge in [0, 0.05) is 4.47 Å². The molecule has 0 aliphatic carbocycles. The lowest BCUT2D eigenvalue weighted by molar-refractivity contribution is 0.337. The van der Waals surface area contributed by atoms with Crippen LogP contribution in [0.3, 0.4) is 0 Å². The van der Waals surface area contributed by atoms with E-state index in [1.165, 1.54) is 17.6 Å². The number of thiazole rings is 1. The molecule has 4 aromatic rings. The Kier molecular flexibility index (Phi) is 4.44. The SMILES string of the molecule is COc1ccc2nc(N=Cc3nc(-c4ccccc4Br)oc3O)sc2c1. The van der Waals surface area contributed by atoms with Gasteiger partial charge in [-0.3, -0.25) is 0 Å².